The highest BCUT2D eigenvalue weighted by Crippen LogP contribution is 2.28. The molecule has 4 aromatic rings. The van der Waals surface area contributed by atoms with Crippen LogP contribution in [-0.4, -0.2) is 40.4 Å². The summed E-state index contributed by atoms with van der Waals surface area (Å²) in [7, 11) is 0. The Hall–Kier alpha value is -3.42. The minimum atomic E-state index is 0.321. The van der Waals surface area contributed by atoms with Crippen molar-refractivity contribution >= 4 is 0 Å². The third kappa shape index (κ3) is 4.06. The van der Waals surface area contributed by atoms with Crippen molar-refractivity contribution in [2.75, 3.05) is 0 Å². The molecule has 0 aliphatic rings. The Labute approximate surface area is 169 Å². The van der Waals surface area contributed by atoms with Crippen molar-refractivity contribution in [3.63, 3.8) is 0 Å². The van der Waals surface area contributed by atoms with Crippen molar-refractivity contribution in [2.45, 2.75) is 46.1 Å². The lowest BCUT2D eigenvalue weighted by molar-refractivity contribution is 0.567. The van der Waals surface area contributed by atoms with Crippen LogP contribution in [0.15, 0.2) is 42.6 Å². The third-order valence-corrected chi connectivity index (χ3v) is 4.70. The molecule has 8 nitrogen and oxygen atoms in total. The minimum Gasteiger partial charge on any atom is -0.255 e. The number of aryl methyl sites for hydroxylation is 1. The topological polar surface area (TPSA) is 98.1 Å². The predicted octanol–water partition coefficient (Wildman–Crippen LogP) is 3.64. The monoisotopic (exact) mass is 388 g/mol. The Morgan fingerprint density at radius 2 is 1.93 bits per heavy atom. The largest absolute Gasteiger partial charge is 0.255 e. The molecule has 0 saturated carbocycles. The molecular formula is C21H24N8. The minimum absolute atomic E-state index is 0.321. The van der Waals surface area contributed by atoms with E-state index in [0.717, 1.165) is 47.9 Å². The van der Waals surface area contributed by atoms with Crippen LogP contribution in [0, 0.1) is 0 Å². The van der Waals surface area contributed by atoms with Gasteiger partial charge in [-0.3, -0.25) is 4.98 Å². The molecule has 4 rings (SSSR count). The maximum Gasteiger partial charge on any atom is 0.206 e. The van der Waals surface area contributed by atoms with Gasteiger partial charge in [-0.25, -0.2) is 9.67 Å². The first-order chi connectivity index (χ1) is 14.2. The van der Waals surface area contributed by atoms with E-state index in [9.17, 15) is 0 Å². The van der Waals surface area contributed by atoms with E-state index in [1.165, 1.54) is 5.56 Å². The van der Waals surface area contributed by atoms with Crippen LogP contribution in [0.1, 0.15) is 50.3 Å². The molecule has 0 saturated heterocycles. The number of benzene rings is 1. The highest BCUT2D eigenvalue weighted by molar-refractivity contribution is 5.76. The number of nitrogens with zero attached hydrogens (tertiary/aromatic N) is 7. The second-order valence-corrected chi connectivity index (χ2v) is 7.27. The predicted molar refractivity (Wildman–Crippen MR) is 110 cm³/mol. The smallest absolute Gasteiger partial charge is 0.206 e. The Morgan fingerprint density at radius 3 is 2.62 bits per heavy atom. The van der Waals surface area contributed by atoms with E-state index in [2.05, 4.69) is 75.7 Å². The fourth-order valence-corrected chi connectivity index (χ4v) is 3.21. The highest BCUT2D eigenvalue weighted by atomic mass is 15.5. The van der Waals surface area contributed by atoms with Gasteiger partial charge in [0.1, 0.15) is 5.82 Å². The first kappa shape index (κ1) is 18.9. The van der Waals surface area contributed by atoms with Crippen molar-refractivity contribution in [1.82, 2.24) is 40.4 Å². The second kappa shape index (κ2) is 8.30. The van der Waals surface area contributed by atoms with Crippen molar-refractivity contribution < 1.29 is 0 Å². The van der Waals surface area contributed by atoms with E-state index in [0.29, 0.717) is 11.7 Å². The quantitative estimate of drug-likeness (QED) is 0.519. The molecule has 0 atom stereocenters. The number of hydrogen-bond donors (Lipinski definition) is 1. The zero-order chi connectivity index (χ0) is 20.2. The van der Waals surface area contributed by atoms with Crippen molar-refractivity contribution in [3.05, 3.63) is 59.8 Å². The summed E-state index contributed by atoms with van der Waals surface area (Å²) in [5.74, 6) is 2.77. The van der Waals surface area contributed by atoms with E-state index in [1.54, 1.807) is 6.20 Å². The van der Waals surface area contributed by atoms with Gasteiger partial charge in [0.25, 0.3) is 0 Å². The molecule has 3 heterocycles. The first-order valence-electron chi connectivity index (χ1n) is 9.87. The van der Waals surface area contributed by atoms with Crippen LogP contribution in [0.5, 0.6) is 0 Å². The van der Waals surface area contributed by atoms with Crippen LogP contribution in [0.25, 0.3) is 22.6 Å². The highest BCUT2D eigenvalue weighted by Gasteiger charge is 2.14. The molecule has 0 spiro atoms. The van der Waals surface area contributed by atoms with Gasteiger partial charge in [-0.1, -0.05) is 45.0 Å². The number of rotatable bonds is 7. The van der Waals surface area contributed by atoms with Crippen molar-refractivity contribution in [3.8, 4) is 22.6 Å². The van der Waals surface area contributed by atoms with E-state index < -0.39 is 0 Å². The molecule has 3 aromatic heterocycles. The van der Waals surface area contributed by atoms with Gasteiger partial charge >= 0.3 is 0 Å². The summed E-state index contributed by atoms with van der Waals surface area (Å²) in [4.78, 5) is 9.30. The normalized spacial score (nSPS) is 11.3. The summed E-state index contributed by atoms with van der Waals surface area (Å²) >= 11 is 0. The van der Waals surface area contributed by atoms with Crippen LogP contribution < -0.4 is 0 Å². The number of aromatic nitrogens is 8. The van der Waals surface area contributed by atoms with E-state index in [4.69, 9.17) is 4.98 Å². The van der Waals surface area contributed by atoms with Crippen LogP contribution in [0.3, 0.4) is 0 Å². The Balaban J connectivity index is 1.60. The molecule has 8 heteroatoms. The van der Waals surface area contributed by atoms with Crippen LogP contribution in [-0.2, 0) is 13.0 Å². The Bertz CT molecular complexity index is 1060. The molecule has 29 heavy (non-hydrogen) atoms. The van der Waals surface area contributed by atoms with Gasteiger partial charge in [-0.15, -0.1) is 10.2 Å². The number of aromatic amines is 1. The summed E-state index contributed by atoms with van der Waals surface area (Å²) in [6.07, 6.45) is 3.55. The van der Waals surface area contributed by atoms with Gasteiger partial charge in [0.05, 0.1) is 5.69 Å². The lowest BCUT2D eigenvalue weighted by Gasteiger charge is -2.08. The van der Waals surface area contributed by atoms with Crippen LogP contribution in [0.2, 0.25) is 0 Å². The van der Waals surface area contributed by atoms with Gasteiger partial charge in [0.15, 0.2) is 5.82 Å². The standard InChI is InChI=1S/C21H24N8/c1-4-12-29-18(23-20(26-29)14(2)3)13-15-7-9-16(10-8-15)19-17(6-5-11-22-19)21-24-27-28-25-21/h5-11,14H,4,12-13H2,1-3H3,(H,24,25,27,28). The van der Waals surface area contributed by atoms with Gasteiger partial charge in [0.2, 0.25) is 5.82 Å². The summed E-state index contributed by atoms with van der Waals surface area (Å²) in [5.41, 5.74) is 3.87. The fraction of sp³-hybridized carbons (Fsp3) is 0.333. The lowest BCUT2D eigenvalue weighted by atomic mass is 10.0. The summed E-state index contributed by atoms with van der Waals surface area (Å²) < 4.78 is 2.04. The summed E-state index contributed by atoms with van der Waals surface area (Å²) in [6.45, 7) is 7.29. The maximum atomic E-state index is 4.76. The maximum absolute atomic E-state index is 4.76. The second-order valence-electron chi connectivity index (χ2n) is 7.27. The summed E-state index contributed by atoms with van der Waals surface area (Å²) in [6, 6.07) is 12.2. The lowest BCUT2D eigenvalue weighted by Crippen LogP contribution is -2.06. The number of nitrogens with one attached hydrogen (secondary N) is 1. The Kier molecular flexibility index (Phi) is 5.41. The average Bonchev–Trinajstić information content (AvgIpc) is 3.40. The Morgan fingerprint density at radius 1 is 1.10 bits per heavy atom. The van der Waals surface area contributed by atoms with Gasteiger partial charge in [-0.05, 0) is 29.3 Å². The number of H-pyrrole nitrogens is 1. The zero-order valence-electron chi connectivity index (χ0n) is 16.9. The van der Waals surface area contributed by atoms with Crippen LogP contribution >= 0.6 is 0 Å². The molecule has 0 unspecified atom stereocenters. The number of hydrogen-bond acceptors (Lipinski definition) is 6. The van der Waals surface area contributed by atoms with E-state index in [1.807, 2.05) is 16.8 Å². The third-order valence-electron chi connectivity index (χ3n) is 4.70. The van der Waals surface area contributed by atoms with Crippen molar-refractivity contribution in [1.29, 1.82) is 0 Å². The number of tetrazole rings is 1. The van der Waals surface area contributed by atoms with Gasteiger partial charge < -0.3 is 0 Å². The molecule has 148 valence electrons. The fourth-order valence-electron chi connectivity index (χ4n) is 3.21. The molecule has 0 amide bonds. The molecule has 0 bridgehead atoms. The molecule has 1 aromatic carbocycles. The molecule has 0 aliphatic heterocycles. The average molecular weight is 388 g/mol. The summed E-state index contributed by atoms with van der Waals surface area (Å²) in [5, 5.41) is 19.0. The first-order valence-corrected chi connectivity index (χ1v) is 9.87. The zero-order valence-corrected chi connectivity index (χ0v) is 16.9. The molecule has 1 N–H and O–H groups in total. The van der Waals surface area contributed by atoms with Crippen LogP contribution in [0.4, 0.5) is 0 Å². The molecule has 0 fully saturated rings. The van der Waals surface area contributed by atoms with E-state index in [-0.39, 0.29) is 0 Å². The number of pyridine rings is 1. The van der Waals surface area contributed by atoms with Gasteiger partial charge in [-0.2, -0.15) is 10.3 Å². The SMILES string of the molecule is CCCn1nc(C(C)C)nc1Cc1ccc(-c2ncccc2-c2nn[nH]n2)cc1. The van der Waals surface area contributed by atoms with Gasteiger partial charge in [0, 0.05) is 36.2 Å². The molecular weight excluding hydrogens is 364 g/mol. The molecule has 0 aliphatic carbocycles. The van der Waals surface area contributed by atoms with Crippen molar-refractivity contribution in [2.24, 2.45) is 0 Å². The van der Waals surface area contributed by atoms with E-state index >= 15 is 0 Å². The molecule has 0 radical (unpaired) electrons.